The van der Waals surface area contributed by atoms with E-state index < -0.39 is 7.87 Å². The van der Waals surface area contributed by atoms with E-state index in [0.717, 1.165) is 26.2 Å². The average Bonchev–Trinajstić information content (AvgIpc) is 3.36. The standard InChI is InChI=1S/C52H80N4P.3I2.HI/c1-5-9-13-17-33-45-53(49-37-25-21-26-38-49)57(54(46-34-18-14-10-6-2)50-39-27-22-28-40-50,55(47-35-19-15-11-7-3)51-41-29-23-30-42-51)56(48-36-20-16-12-8-4)52-43-31-24-32-44-52;3*1-2;/h21-32,37-44H,5-20,33-36,45-48H2,1-4H3;;;;1H/q+1;;;;/p-1. The van der Waals surface area contributed by atoms with Gasteiger partial charge in [0.1, 0.15) is 0 Å². The summed E-state index contributed by atoms with van der Waals surface area (Å²) >= 11 is 12.7. The highest BCUT2D eigenvalue weighted by atomic mass is 128. The maximum atomic E-state index is 2.97. The number of hydrogen-bond acceptors (Lipinski definition) is 4. The van der Waals surface area contributed by atoms with Crippen LogP contribution < -0.4 is 42.7 Å². The second-order valence-electron chi connectivity index (χ2n) is 16.0. The van der Waals surface area contributed by atoms with E-state index >= 15 is 0 Å². The molecule has 12 heteroatoms. The molecule has 0 aliphatic heterocycles. The first-order chi connectivity index (χ1) is 31.2. The van der Waals surface area contributed by atoms with Crippen LogP contribution in [-0.4, -0.2) is 26.2 Å². The number of benzene rings is 4. The molecule has 4 aromatic rings. The van der Waals surface area contributed by atoms with Crippen LogP contribution in [0.3, 0.4) is 0 Å². The number of hydrogen-bond donors (Lipinski definition) is 0. The van der Waals surface area contributed by atoms with Crippen molar-refractivity contribution in [2.75, 3.05) is 44.9 Å². The first-order valence-electron chi connectivity index (χ1n) is 23.9. The van der Waals surface area contributed by atoms with Gasteiger partial charge >= 0.3 is 7.87 Å². The fraction of sp³-hybridized carbons (Fsp3) is 0.538. The van der Waals surface area contributed by atoms with E-state index in [1.807, 2.05) is 0 Å². The van der Waals surface area contributed by atoms with Gasteiger partial charge in [-0.2, -0.15) is 18.7 Å². The quantitative estimate of drug-likeness (QED) is 0.0274. The first-order valence-corrected chi connectivity index (χ1v) is 44.3. The lowest BCUT2D eigenvalue weighted by atomic mass is 10.1. The molecule has 0 N–H and O–H groups in total. The van der Waals surface area contributed by atoms with Crippen molar-refractivity contribution in [3.05, 3.63) is 121 Å². The third-order valence-electron chi connectivity index (χ3n) is 11.4. The summed E-state index contributed by atoms with van der Waals surface area (Å²) in [4.78, 5) is 0. The molecule has 64 heavy (non-hydrogen) atoms. The lowest BCUT2D eigenvalue weighted by Gasteiger charge is -2.53. The van der Waals surface area contributed by atoms with Crippen molar-refractivity contribution >= 4 is 142 Å². The van der Waals surface area contributed by atoms with Gasteiger partial charge in [0, 0.05) is 112 Å². The summed E-state index contributed by atoms with van der Waals surface area (Å²) in [5.74, 6) is 0. The van der Waals surface area contributed by atoms with Gasteiger partial charge in [0.05, 0.1) is 48.9 Å². The highest BCUT2D eigenvalue weighted by Crippen LogP contribution is 2.73. The molecule has 362 valence electrons. The zero-order chi connectivity index (χ0) is 46.2. The van der Waals surface area contributed by atoms with Crippen LogP contribution in [0.4, 0.5) is 22.7 Å². The fourth-order valence-electron chi connectivity index (χ4n) is 8.32. The number of rotatable bonds is 32. The minimum absolute atomic E-state index is 0. The Balaban J connectivity index is 0.00000543. The highest BCUT2D eigenvalue weighted by molar-refractivity contribution is 15.0. The van der Waals surface area contributed by atoms with Crippen LogP contribution in [0.1, 0.15) is 156 Å². The molecular weight excluding hydrogens is 1600 g/mol. The van der Waals surface area contributed by atoms with Crippen LogP contribution in [0, 0.1) is 0 Å². The zero-order valence-corrected chi connectivity index (χ0v) is 55.4. The molecule has 0 amide bonds. The van der Waals surface area contributed by atoms with E-state index in [1.54, 1.807) is 0 Å². The number of unbranched alkanes of at least 4 members (excludes halogenated alkanes) is 16. The lowest BCUT2D eigenvalue weighted by molar-refractivity contribution is -0.0000122. The monoisotopic (exact) mass is 1680 g/mol. The second kappa shape index (κ2) is 45.7. The third-order valence-corrected chi connectivity index (χ3v) is 15.7. The molecule has 0 atom stereocenters. The Morgan fingerprint density at radius 3 is 0.625 bits per heavy atom. The van der Waals surface area contributed by atoms with Gasteiger partial charge in [-0.15, -0.1) is 0 Å². The van der Waals surface area contributed by atoms with Crippen LogP contribution in [0.5, 0.6) is 0 Å². The molecule has 0 bridgehead atoms. The third kappa shape index (κ3) is 24.2. The Morgan fingerprint density at radius 2 is 0.453 bits per heavy atom. The lowest BCUT2D eigenvalue weighted by Crippen LogP contribution is -3.00. The van der Waals surface area contributed by atoms with Crippen molar-refractivity contribution in [3.8, 4) is 0 Å². The normalized spacial score (nSPS) is 10.5. The van der Waals surface area contributed by atoms with Crippen LogP contribution in [-0.2, 0) is 0 Å². The Morgan fingerprint density at radius 1 is 0.281 bits per heavy atom. The molecule has 4 nitrogen and oxygen atoms in total. The summed E-state index contributed by atoms with van der Waals surface area (Å²) in [6, 6.07) is 46.4. The molecule has 0 fully saturated rings. The summed E-state index contributed by atoms with van der Waals surface area (Å²) in [5, 5.41) is 0. The van der Waals surface area contributed by atoms with Crippen LogP contribution in [0.15, 0.2) is 121 Å². The molecule has 0 heterocycles. The van der Waals surface area contributed by atoms with E-state index in [2.05, 4.69) is 279 Å². The first kappa shape index (κ1) is 65.6. The predicted molar refractivity (Wildman–Crippen MR) is 341 cm³/mol. The summed E-state index contributed by atoms with van der Waals surface area (Å²) in [6.07, 6.45) is 25.2. The van der Waals surface area contributed by atoms with Gasteiger partial charge in [-0.3, -0.25) is 0 Å². The maximum absolute atomic E-state index is 2.97. The topological polar surface area (TPSA) is 13.0 Å². The molecule has 0 radical (unpaired) electrons. The van der Waals surface area contributed by atoms with Gasteiger partial charge in [0.15, 0.2) is 0 Å². The number of anilines is 4. The SMILES string of the molecule is CCCCCCCN(c1ccccc1)[P+](N(CCCCCCC)c1ccccc1)(N(CCCCCCC)c1ccccc1)N(CCCCCCC)c1ccccc1.II.II.II.[I-]. The smallest absolute Gasteiger partial charge is 0.405 e. The van der Waals surface area contributed by atoms with Gasteiger partial charge in [-0.1, -0.05) is 203 Å². The van der Waals surface area contributed by atoms with E-state index in [1.165, 1.54) is 151 Å². The van der Waals surface area contributed by atoms with E-state index in [9.17, 15) is 0 Å². The van der Waals surface area contributed by atoms with E-state index in [4.69, 9.17) is 0 Å². The van der Waals surface area contributed by atoms with Crippen molar-refractivity contribution < 1.29 is 24.0 Å². The average molecular weight is 1680 g/mol. The predicted octanol–water partition coefficient (Wildman–Crippen LogP) is 18.9. The van der Waals surface area contributed by atoms with Crippen LogP contribution >= 0.6 is 120 Å². The molecule has 0 aliphatic carbocycles. The van der Waals surface area contributed by atoms with Crippen LogP contribution in [0.2, 0.25) is 0 Å². The molecule has 0 aromatic heterocycles. The molecule has 0 saturated heterocycles. The Kier molecular flexibility index (Phi) is 46.9. The summed E-state index contributed by atoms with van der Waals surface area (Å²) in [6.45, 7) is 13.4. The zero-order valence-electron chi connectivity index (χ0n) is 39.4. The van der Waals surface area contributed by atoms with E-state index in [0.29, 0.717) is 0 Å². The van der Waals surface area contributed by atoms with Crippen molar-refractivity contribution in [2.45, 2.75) is 156 Å². The van der Waals surface area contributed by atoms with Crippen molar-refractivity contribution in [1.29, 1.82) is 0 Å². The highest BCUT2D eigenvalue weighted by Gasteiger charge is 2.63. The number of para-hydroxylation sites is 4. The van der Waals surface area contributed by atoms with Crippen molar-refractivity contribution in [1.82, 2.24) is 0 Å². The summed E-state index contributed by atoms with van der Waals surface area (Å²) in [7, 11) is -2.71. The minimum Gasteiger partial charge on any atom is -1.00 e. The van der Waals surface area contributed by atoms with Gasteiger partial charge < -0.3 is 24.0 Å². The van der Waals surface area contributed by atoms with Gasteiger partial charge in [-0.25, -0.2) is 0 Å². The summed E-state index contributed by atoms with van der Waals surface area (Å²) in [5.41, 5.74) is 5.36. The molecule has 4 aromatic carbocycles. The minimum atomic E-state index is -2.71. The molecule has 4 rings (SSSR count). The Bertz CT molecular complexity index is 1320. The largest absolute Gasteiger partial charge is 1.00 e. The fourth-order valence-corrected chi connectivity index (χ4v) is 13.3. The molecular formula is C52H80I7N4P. The van der Waals surface area contributed by atoms with Crippen LogP contribution in [0.25, 0.3) is 0 Å². The van der Waals surface area contributed by atoms with Crippen molar-refractivity contribution in [2.24, 2.45) is 0 Å². The molecule has 0 spiro atoms. The Hall–Kier alpha value is 1.62. The number of halogens is 7. The van der Waals surface area contributed by atoms with E-state index in [-0.39, 0.29) is 24.0 Å². The van der Waals surface area contributed by atoms with Gasteiger partial charge in [0.2, 0.25) is 0 Å². The molecule has 0 aliphatic rings. The number of nitrogens with zero attached hydrogens (tertiary/aromatic N) is 4. The van der Waals surface area contributed by atoms with Gasteiger partial charge in [-0.05, 0) is 74.2 Å². The molecule has 0 saturated carbocycles. The summed E-state index contributed by atoms with van der Waals surface area (Å²) < 4.78 is 11.9. The van der Waals surface area contributed by atoms with Gasteiger partial charge in [0.25, 0.3) is 0 Å². The molecule has 0 unspecified atom stereocenters. The Labute approximate surface area is 481 Å². The second-order valence-corrected chi connectivity index (χ2v) is 19.0. The maximum Gasteiger partial charge on any atom is 0.405 e. The van der Waals surface area contributed by atoms with Crippen molar-refractivity contribution in [3.63, 3.8) is 0 Å².